The van der Waals surface area contributed by atoms with Crippen LogP contribution >= 0.6 is 0 Å². The quantitative estimate of drug-likeness (QED) is 0.793. The van der Waals surface area contributed by atoms with Crippen LogP contribution in [0.1, 0.15) is 24.3 Å². The average molecular weight is 303 g/mol. The van der Waals surface area contributed by atoms with E-state index in [2.05, 4.69) is 4.90 Å². The molecule has 1 aromatic carbocycles. The summed E-state index contributed by atoms with van der Waals surface area (Å²) in [5.41, 5.74) is 0.630. The summed E-state index contributed by atoms with van der Waals surface area (Å²) in [5.74, 6) is -0.629. The average Bonchev–Trinajstić information content (AvgIpc) is 3.09. The zero-order valence-corrected chi connectivity index (χ0v) is 12.6. The van der Waals surface area contributed by atoms with Crippen LogP contribution in [-0.2, 0) is 9.53 Å². The van der Waals surface area contributed by atoms with Gasteiger partial charge in [-0.15, -0.1) is 0 Å². The second-order valence-corrected chi connectivity index (χ2v) is 6.78. The predicted octanol–water partition coefficient (Wildman–Crippen LogP) is 0.512. The maximum atomic E-state index is 12.4. The third-order valence-corrected chi connectivity index (χ3v) is 5.90. The molecule has 6 unspecified atom stereocenters. The van der Waals surface area contributed by atoms with Gasteiger partial charge in [0.1, 0.15) is 12.0 Å². The van der Waals surface area contributed by atoms with Gasteiger partial charge in [-0.1, -0.05) is 30.3 Å². The van der Waals surface area contributed by atoms with E-state index >= 15 is 0 Å². The number of hydrogen-bond acceptors (Lipinski definition) is 5. The molecule has 2 saturated carbocycles. The van der Waals surface area contributed by atoms with E-state index in [0.29, 0.717) is 18.4 Å². The standard InChI is InChI=1S/C17H21NO4/c1-18-13-7-11(8-17(18)14(13)15(17)20)22-16(21)12(9-19)10-5-3-2-4-6-10/h2-6,11-15,19-20H,7-9H2,1H3. The van der Waals surface area contributed by atoms with Crippen molar-refractivity contribution in [2.45, 2.75) is 42.5 Å². The van der Waals surface area contributed by atoms with E-state index in [-0.39, 0.29) is 30.3 Å². The predicted molar refractivity (Wildman–Crippen MR) is 79.2 cm³/mol. The third-order valence-electron chi connectivity index (χ3n) is 5.90. The second kappa shape index (κ2) is 4.78. The number of rotatable bonds is 4. The van der Waals surface area contributed by atoms with Crippen molar-refractivity contribution in [2.24, 2.45) is 5.92 Å². The fourth-order valence-corrected chi connectivity index (χ4v) is 4.65. The van der Waals surface area contributed by atoms with E-state index in [4.69, 9.17) is 4.74 Å². The summed E-state index contributed by atoms with van der Waals surface area (Å²) in [6.07, 6.45) is 1.05. The molecule has 0 aromatic heterocycles. The van der Waals surface area contributed by atoms with Crippen LogP contribution in [-0.4, -0.2) is 58.5 Å². The second-order valence-electron chi connectivity index (χ2n) is 6.78. The van der Waals surface area contributed by atoms with Crippen LogP contribution in [0.25, 0.3) is 0 Å². The van der Waals surface area contributed by atoms with Crippen LogP contribution in [0.2, 0.25) is 0 Å². The summed E-state index contributed by atoms with van der Waals surface area (Å²) in [7, 11) is 2.04. The maximum Gasteiger partial charge on any atom is 0.316 e. The molecular formula is C17H21NO4. The first-order valence-electron chi connectivity index (χ1n) is 7.87. The maximum absolute atomic E-state index is 12.4. The van der Waals surface area contributed by atoms with Gasteiger partial charge in [0.25, 0.3) is 0 Å². The zero-order chi connectivity index (χ0) is 15.5. The van der Waals surface area contributed by atoms with Crippen molar-refractivity contribution in [3.8, 4) is 0 Å². The summed E-state index contributed by atoms with van der Waals surface area (Å²) in [6.45, 7) is -0.255. The van der Waals surface area contributed by atoms with Crippen molar-refractivity contribution in [1.29, 1.82) is 0 Å². The summed E-state index contributed by atoms with van der Waals surface area (Å²) >= 11 is 0. The molecule has 118 valence electrons. The molecule has 1 spiro atoms. The first-order valence-corrected chi connectivity index (χ1v) is 7.87. The van der Waals surface area contributed by atoms with Crippen molar-refractivity contribution in [1.82, 2.24) is 4.90 Å². The van der Waals surface area contributed by atoms with Gasteiger partial charge in [-0.3, -0.25) is 9.69 Å². The van der Waals surface area contributed by atoms with Crippen molar-refractivity contribution in [3.05, 3.63) is 35.9 Å². The molecular weight excluding hydrogens is 282 g/mol. The van der Waals surface area contributed by atoms with Crippen LogP contribution in [0.15, 0.2) is 30.3 Å². The molecule has 22 heavy (non-hydrogen) atoms. The first kappa shape index (κ1) is 14.2. The Balaban J connectivity index is 1.43. The van der Waals surface area contributed by atoms with Crippen LogP contribution in [0, 0.1) is 5.92 Å². The lowest BCUT2D eigenvalue weighted by Gasteiger charge is -2.52. The van der Waals surface area contributed by atoms with Gasteiger partial charge in [-0.25, -0.2) is 0 Å². The molecule has 5 rings (SSSR count). The van der Waals surface area contributed by atoms with Crippen molar-refractivity contribution in [3.63, 3.8) is 0 Å². The number of fused-ring (bicyclic) bond motifs is 2. The molecule has 0 amide bonds. The molecule has 2 heterocycles. The Morgan fingerprint density at radius 1 is 1.45 bits per heavy atom. The van der Waals surface area contributed by atoms with Gasteiger partial charge in [0.15, 0.2) is 0 Å². The minimum atomic E-state index is -0.630. The molecule has 4 fully saturated rings. The molecule has 2 bridgehead atoms. The smallest absolute Gasteiger partial charge is 0.316 e. The van der Waals surface area contributed by atoms with Gasteiger partial charge in [0.05, 0.1) is 18.2 Å². The van der Waals surface area contributed by atoms with E-state index < -0.39 is 5.92 Å². The summed E-state index contributed by atoms with van der Waals surface area (Å²) in [5, 5.41) is 19.6. The zero-order valence-electron chi connectivity index (χ0n) is 12.6. The topological polar surface area (TPSA) is 70.0 Å². The lowest BCUT2D eigenvalue weighted by molar-refractivity contribution is -0.163. The number of hydrogen-bond donors (Lipinski definition) is 2. The van der Waals surface area contributed by atoms with Crippen LogP contribution in [0.3, 0.4) is 0 Å². The molecule has 2 saturated heterocycles. The highest BCUT2D eigenvalue weighted by molar-refractivity contribution is 5.78. The molecule has 5 heteroatoms. The fourth-order valence-electron chi connectivity index (χ4n) is 4.65. The lowest BCUT2D eigenvalue weighted by Crippen LogP contribution is -2.62. The van der Waals surface area contributed by atoms with E-state index in [1.54, 1.807) is 0 Å². The molecule has 2 aliphatic carbocycles. The fraction of sp³-hybridized carbons (Fsp3) is 0.588. The Labute approximate surface area is 129 Å². The summed E-state index contributed by atoms with van der Waals surface area (Å²) in [6, 6.07) is 9.55. The summed E-state index contributed by atoms with van der Waals surface area (Å²) < 4.78 is 5.65. The lowest BCUT2D eigenvalue weighted by atomic mass is 9.78. The molecule has 1 aromatic rings. The molecule has 2 N–H and O–H groups in total. The van der Waals surface area contributed by atoms with E-state index in [0.717, 1.165) is 12.0 Å². The number of aliphatic hydroxyl groups is 2. The first-order chi connectivity index (χ1) is 10.6. The van der Waals surface area contributed by atoms with Gasteiger partial charge >= 0.3 is 5.97 Å². The number of nitrogens with zero attached hydrogens (tertiary/aromatic N) is 1. The van der Waals surface area contributed by atoms with Crippen molar-refractivity contribution in [2.75, 3.05) is 13.7 Å². The highest BCUT2D eigenvalue weighted by Gasteiger charge is 2.81. The molecule has 2 aliphatic heterocycles. The van der Waals surface area contributed by atoms with E-state index in [9.17, 15) is 15.0 Å². The third kappa shape index (κ3) is 1.73. The highest BCUT2D eigenvalue weighted by atomic mass is 16.5. The largest absolute Gasteiger partial charge is 0.462 e. The molecule has 4 aliphatic rings. The van der Waals surface area contributed by atoms with Crippen LogP contribution in [0.4, 0.5) is 0 Å². The van der Waals surface area contributed by atoms with Crippen molar-refractivity contribution < 1.29 is 19.7 Å². The number of ether oxygens (including phenoxy) is 1. The number of carbonyl (C=O) groups excluding carboxylic acids is 1. The van der Waals surface area contributed by atoms with Gasteiger partial charge in [-0.2, -0.15) is 0 Å². The van der Waals surface area contributed by atoms with Gasteiger partial charge in [-0.05, 0) is 12.6 Å². The molecule has 6 atom stereocenters. The Morgan fingerprint density at radius 3 is 2.77 bits per heavy atom. The monoisotopic (exact) mass is 303 g/mol. The van der Waals surface area contributed by atoms with Crippen molar-refractivity contribution >= 4 is 5.97 Å². The Kier molecular flexibility index (Phi) is 3.08. The van der Waals surface area contributed by atoms with Crippen LogP contribution < -0.4 is 0 Å². The van der Waals surface area contributed by atoms with Gasteiger partial charge in [0.2, 0.25) is 0 Å². The Morgan fingerprint density at radius 2 is 2.18 bits per heavy atom. The number of benzene rings is 1. The molecule has 5 nitrogen and oxygen atoms in total. The van der Waals surface area contributed by atoms with E-state index in [1.165, 1.54) is 0 Å². The number of carbonyl (C=O) groups is 1. The minimum Gasteiger partial charge on any atom is -0.462 e. The normalized spacial score (nSPS) is 40.3. The molecule has 0 radical (unpaired) electrons. The number of likely N-dealkylation sites (N-methyl/N-ethyl adjacent to an activating group) is 1. The highest BCUT2D eigenvalue weighted by Crippen LogP contribution is 2.68. The summed E-state index contributed by atoms with van der Waals surface area (Å²) in [4.78, 5) is 14.6. The van der Waals surface area contributed by atoms with Gasteiger partial charge < -0.3 is 14.9 Å². The SMILES string of the molecule is CN1C2CC(OC(=O)C(CO)c3ccccc3)CC13C(O)C23. The minimum absolute atomic E-state index is 0.144. The van der Waals surface area contributed by atoms with Gasteiger partial charge in [0, 0.05) is 24.8 Å². The van der Waals surface area contributed by atoms with E-state index in [1.807, 2.05) is 37.4 Å². The number of esters is 1. The number of aliphatic hydroxyl groups excluding tert-OH is 2. The van der Waals surface area contributed by atoms with Crippen LogP contribution in [0.5, 0.6) is 0 Å². The Hall–Kier alpha value is -1.43. The number of piperidine rings is 1. The Bertz CT molecular complexity index is 584.